The van der Waals surface area contributed by atoms with E-state index < -0.39 is 6.04 Å². The van der Waals surface area contributed by atoms with E-state index in [1.54, 1.807) is 14.0 Å². The maximum atomic E-state index is 13.0. The van der Waals surface area contributed by atoms with Crippen LogP contribution in [-0.2, 0) is 4.79 Å². The van der Waals surface area contributed by atoms with Gasteiger partial charge in [0.05, 0.1) is 7.11 Å². The van der Waals surface area contributed by atoms with Crippen LogP contribution in [0.25, 0.3) is 0 Å². The van der Waals surface area contributed by atoms with E-state index in [0.29, 0.717) is 17.5 Å². The molecule has 1 aromatic heterocycles. The van der Waals surface area contributed by atoms with Crippen molar-refractivity contribution in [3.63, 3.8) is 0 Å². The largest absolute Gasteiger partial charge is 0.496 e. The molecule has 0 bridgehead atoms. The van der Waals surface area contributed by atoms with Gasteiger partial charge >= 0.3 is 0 Å². The van der Waals surface area contributed by atoms with E-state index in [-0.39, 0.29) is 17.2 Å². The number of piperidine rings is 1. The quantitative estimate of drug-likeness (QED) is 0.852. The number of methoxy groups -OCH3 is 1. The Morgan fingerprint density at radius 3 is 2.85 bits per heavy atom. The summed E-state index contributed by atoms with van der Waals surface area (Å²) < 4.78 is 10.6. The van der Waals surface area contributed by atoms with E-state index in [4.69, 9.17) is 9.26 Å². The lowest BCUT2D eigenvalue weighted by molar-refractivity contribution is -0.123. The Hall–Kier alpha value is -2.41. The number of hydrogen-bond acceptors (Lipinski definition) is 6. The third-order valence-corrected chi connectivity index (χ3v) is 5.64. The Bertz CT molecular complexity index is 798. The molecule has 1 aromatic carbocycles. The number of carbonyl (C=O) groups is 1. The molecule has 1 saturated heterocycles. The van der Waals surface area contributed by atoms with Gasteiger partial charge in [-0.1, -0.05) is 23.4 Å². The zero-order chi connectivity index (χ0) is 18.1. The monoisotopic (exact) mass is 356 g/mol. The molecule has 7 nitrogen and oxygen atoms in total. The number of amides is 1. The van der Waals surface area contributed by atoms with Gasteiger partial charge in [-0.3, -0.25) is 4.79 Å². The third kappa shape index (κ3) is 3.07. The zero-order valence-corrected chi connectivity index (χ0v) is 15.1. The highest BCUT2D eigenvalue weighted by Crippen LogP contribution is 2.58. The maximum absolute atomic E-state index is 13.0. The normalized spacial score (nSPS) is 22.0. The summed E-state index contributed by atoms with van der Waals surface area (Å²) in [5, 5.41) is 10.6. The summed E-state index contributed by atoms with van der Waals surface area (Å²) in [6.45, 7) is 3.72. The molecule has 4 rings (SSSR count). The Morgan fingerprint density at radius 2 is 2.15 bits per heavy atom. The van der Waals surface area contributed by atoms with Crippen LogP contribution in [0.1, 0.15) is 42.6 Å². The molecule has 2 aliphatic rings. The molecule has 2 fully saturated rings. The molecule has 26 heavy (non-hydrogen) atoms. The molecule has 1 aliphatic heterocycles. The molecule has 7 heteroatoms. The lowest BCUT2D eigenvalue weighted by atomic mass is 9.91. The highest BCUT2D eigenvalue weighted by atomic mass is 16.5. The number of aromatic nitrogens is 2. The average Bonchev–Trinajstić information content (AvgIpc) is 3.18. The van der Waals surface area contributed by atoms with Crippen LogP contribution in [0.3, 0.4) is 0 Å². The zero-order valence-electron chi connectivity index (χ0n) is 15.1. The second kappa shape index (κ2) is 6.72. The summed E-state index contributed by atoms with van der Waals surface area (Å²) in [5.74, 6) is 1.73. The summed E-state index contributed by atoms with van der Waals surface area (Å²) in [6.07, 6.45) is 3.09. The number of nitrogens with one attached hydrogen (secondary N) is 2. The van der Waals surface area contributed by atoms with Crippen molar-refractivity contribution in [2.75, 3.05) is 20.2 Å². The van der Waals surface area contributed by atoms with Gasteiger partial charge in [0.1, 0.15) is 11.8 Å². The topological polar surface area (TPSA) is 89.3 Å². The SMILES string of the molecule is COc1ccccc1[C@@H](NC(=O)[C@@H]1CC12CCNCC2)c1noc(C)n1. The molecular weight excluding hydrogens is 332 g/mol. The molecule has 2 heterocycles. The molecule has 2 aromatic rings. The Balaban J connectivity index is 1.59. The lowest BCUT2D eigenvalue weighted by Crippen LogP contribution is -2.36. The van der Waals surface area contributed by atoms with Crippen LogP contribution < -0.4 is 15.4 Å². The van der Waals surface area contributed by atoms with Gasteiger partial charge < -0.3 is 19.9 Å². The first kappa shape index (κ1) is 17.0. The van der Waals surface area contributed by atoms with Crippen LogP contribution in [0, 0.1) is 18.3 Å². The standard InChI is InChI=1S/C19H24N4O3/c1-12-21-17(23-26-12)16(13-5-3-4-6-15(13)25-2)22-18(24)14-11-19(14)7-9-20-10-8-19/h3-6,14,16,20H,7-11H2,1-2H3,(H,22,24)/t14-,16+/m0/s1. The minimum Gasteiger partial charge on any atom is -0.496 e. The van der Waals surface area contributed by atoms with Crippen molar-refractivity contribution in [2.24, 2.45) is 11.3 Å². The summed E-state index contributed by atoms with van der Waals surface area (Å²) in [6, 6.07) is 7.11. The number of ether oxygens (including phenoxy) is 1. The molecule has 2 atom stereocenters. The number of rotatable bonds is 5. The minimum atomic E-state index is -0.490. The lowest BCUT2D eigenvalue weighted by Gasteiger charge is -2.24. The van der Waals surface area contributed by atoms with Gasteiger partial charge in [-0.2, -0.15) is 4.98 Å². The Morgan fingerprint density at radius 1 is 1.38 bits per heavy atom. The summed E-state index contributed by atoms with van der Waals surface area (Å²) in [5.41, 5.74) is 0.998. The van der Waals surface area contributed by atoms with Crippen molar-refractivity contribution in [3.05, 3.63) is 41.5 Å². The van der Waals surface area contributed by atoms with Gasteiger partial charge in [-0.05, 0) is 43.8 Å². The van der Waals surface area contributed by atoms with Crippen LogP contribution in [0.2, 0.25) is 0 Å². The van der Waals surface area contributed by atoms with Crippen molar-refractivity contribution in [1.29, 1.82) is 0 Å². The van der Waals surface area contributed by atoms with Crippen LogP contribution in [-0.4, -0.2) is 36.2 Å². The molecule has 1 aliphatic carbocycles. The van der Waals surface area contributed by atoms with Crippen molar-refractivity contribution >= 4 is 5.91 Å². The van der Waals surface area contributed by atoms with Crippen LogP contribution in [0.4, 0.5) is 0 Å². The second-order valence-corrected chi connectivity index (χ2v) is 7.22. The number of hydrogen-bond donors (Lipinski definition) is 2. The molecule has 138 valence electrons. The van der Waals surface area contributed by atoms with Crippen molar-refractivity contribution < 1.29 is 14.1 Å². The van der Waals surface area contributed by atoms with E-state index in [1.165, 1.54) is 0 Å². The van der Waals surface area contributed by atoms with Crippen LogP contribution in [0.15, 0.2) is 28.8 Å². The van der Waals surface area contributed by atoms with Gasteiger partial charge in [0, 0.05) is 18.4 Å². The van der Waals surface area contributed by atoms with Crippen LogP contribution in [0.5, 0.6) is 5.75 Å². The molecule has 1 spiro atoms. The number of benzene rings is 1. The summed E-state index contributed by atoms with van der Waals surface area (Å²) in [4.78, 5) is 17.3. The maximum Gasteiger partial charge on any atom is 0.224 e. The highest BCUT2D eigenvalue weighted by Gasteiger charge is 2.57. The van der Waals surface area contributed by atoms with Crippen molar-refractivity contribution in [1.82, 2.24) is 20.8 Å². The number of para-hydroxylation sites is 1. The summed E-state index contributed by atoms with van der Waals surface area (Å²) >= 11 is 0. The first-order chi connectivity index (χ1) is 12.6. The summed E-state index contributed by atoms with van der Waals surface area (Å²) in [7, 11) is 1.62. The van der Waals surface area contributed by atoms with Crippen molar-refractivity contribution in [3.8, 4) is 5.75 Å². The van der Waals surface area contributed by atoms with E-state index in [1.807, 2.05) is 24.3 Å². The van der Waals surface area contributed by atoms with Gasteiger partial charge in [-0.25, -0.2) is 0 Å². The number of aryl methyl sites for hydroxylation is 1. The van der Waals surface area contributed by atoms with E-state index in [0.717, 1.165) is 37.9 Å². The van der Waals surface area contributed by atoms with Gasteiger partial charge in [0.15, 0.2) is 5.82 Å². The molecule has 2 N–H and O–H groups in total. The second-order valence-electron chi connectivity index (χ2n) is 7.22. The molecule has 1 amide bonds. The van der Waals surface area contributed by atoms with Gasteiger partial charge in [-0.15, -0.1) is 0 Å². The van der Waals surface area contributed by atoms with E-state index in [2.05, 4.69) is 20.8 Å². The first-order valence-corrected chi connectivity index (χ1v) is 9.07. The molecular formula is C19H24N4O3. The van der Waals surface area contributed by atoms with Gasteiger partial charge in [0.2, 0.25) is 11.8 Å². The van der Waals surface area contributed by atoms with E-state index in [9.17, 15) is 4.79 Å². The van der Waals surface area contributed by atoms with Gasteiger partial charge in [0.25, 0.3) is 0 Å². The molecule has 0 unspecified atom stereocenters. The predicted molar refractivity (Wildman–Crippen MR) is 94.7 cm³/mol. The Kier molecular flexibility index (Phi) is 4.40. The average molecular weight is 356 g/mol. The highest BCUT2D eigenvalue weighted by molar-refractivity contribution is 5.83. The smallest absolute Gasteiger partial charge is 0.224 e. The number of nitrogens with zero attached hydrogens (tertiary/aromatic N) is 2. The van der Waals surface area contributed by atoms with E-state index >= 15 is 0 Å². The number of carbonyl (C=O) groups excluding carboxylic acids is 1. The minimum absolute atomic E-state index is 0.0604. The fourth-order valence-corrected chi connectivity index (χ4v) is 4.06. The molecule has 0 radical (unpaired) electrons. The predicted octanol–water partition coefficient (Wildman–Crippen LogP) is 1.98. The first-order valence-electron chi connectivity index (χ1n) is 9.07. The third-order valence-electron chi connectivity index (χ3n) is 5.64. The Labute approximate surface area is 152 Å². The van der Waals surface area contributed by atoms with Crippen LogP contribution >= 0.6 is 0 Å². The molecule has 1 saturated carbocycles. The fourth-order valence-electron chi connectivity index (χ4n) is 4.06. The van der Waals surface area contributed by atoms with Crippen molar-refractivity contribution in [2.45, 2.75) is 32.2 Å². The fraction of sp³-hybridized carbons (Fsp3) is 0.526.